The number of carbonyl (C=O) groups excluding carboxylic acids is 1. The Morgan fingerprint density at radius 1 is 1.21 bits per heavy atom. The molecule has 8 heteroatoms. The molecule has 0 saturated heterocycles. The van der Waals surface area contributed by atoms with E-state index in [9.17, 15) is 14.9 Å². The second-order valence-electron chi connectivity index (χ2n) is 6.72. The quantitative estimate of drug-likeness (QED) is 0.742. The maximum absolute atomic E-state index is 14.2. The maximum atomic E-state index is 14.2. The minimum absolute atomic E-state index is 0.140. The van der Waals surface area contributed by atoms with Crippen LogP contribution in [0.1, 0.15) is 40.6 Å². The van der Waals surface area contributed by atoms with Crippen molar-refractivity contribution in [2.75, 3.05) is 11.9 Å². The van der Waals surface area contributed by atoms with Gasteiger partial charge in [-0.2, -0.15) is 5.10 Å². The smallest absolute Gasteiger partial charge is 0.185 e. The normalized spacial score (nSPS) is 23.5. The van der Waals surface area contributed by atoms with Crippen LogP contribution in [0.5, 0.6) is 0 Å². The van der Waals surface area contributed by atoms with Gasteiger partial charge in [-0.1, -0.05) is 12.1 Å². The van der Waals surface area contributed by atoms with E-state index in [1.165, 1.54) is 47.4 Å². The lowest BCUT2D eigenvalue weighted by Gasteiger charge is -2.37. The Hall–Kier alpha value is -3.42. The number of nitrogens with one attached hydrogen (secondary N) is 1. The van der Waals surface area contributed by atoms with Gasteiger partial charge in [-0.25, -0.2) is 13.8 Å². The van der Waals surface area contributed by atoms with E-state index in [0.29, 0.717) is 28.4 Å². The first-order valence-corrected chi connectivity index (χ1v) is 8.68. The lowest BCUT2D eigenvalue weighted by atomic mass is 9.78. The van der Waals surface area contributed by atoms with E-state index in [2.05, 4.69) is 20.4 Å². The van der Waals surface area contributed by atoms with Gasteiger partial charge in [0, 0.05) is 23.9 Å². The molecule has 0 spiro atoms. The summed E-state index contributed by atoms with van der Waals surface area (Å²) in [5.74, 6) is -1.62. The summed E-state index contributed by atoms with van der Waals surface area (Å²) in [4.78, 5) is 21.2. The number of nitrogens with zero attached hydrogens (tertiary/aromatic N) is 4. The largest absolute Gasteiger partial charge is 0.376 e. The van der Waals surface area contributed by atoms with E-state index < -0.39 is 23.6 Å². The lowest BCUT2D eigenvalue weighted by molar-refractivity contribution is 0.0999. The number of aryl methyl sites for hydroxylation is 1. The third-order valence-corrected chi connectivity index (χ3v) is 5.04. The second kappa shape index (κ2) is 6.05. The number of hydrogen-bond donors (Lipinski definition) is 1. The number of hydrogen-bond acceptors (Lipinski definition) is 5. The van der Waals surface area contributed by atoms with Gasteiger partial charge in [0.15, 0.2) is 5.78 Å². The van der Waals surface area contributed by atoms with Gasteiger partial charge in [-0.05, 0) is 29.8 Å². The van der Waals surface area contributed by atoms with E-state index in [4.69, 9.17) is 0 Å². The highest BCUT2D eigenvalue weighted by atomic mass is 19.1. The number of carbonyl (C=O) groups is 1. The number of anilines is 1. The summed E-state index contributed by atoms with van der Waals surface area (Å²) in [5, 5.41) is 7.18. The van der Waals surface area contributed by atoms with Crippen molar-refractivity contribution in [3.05, 3.63) is 76.9 Å². The average molecular weight is 380 g/mol. The van der Waals surface area contributed by atoms with Crippen molar-refractivity contribution >= 4 is 17.2 Å². The molecule has 3 heterocycles. The summed E-state index contributed by atoms with van der Waals surface area (Å²) < 4.78 is 38.6. The van der Waals surface area contributed by atoms with Gasteiger partial charge in [0.2, 0.25) is 0 Å². The fourth-order valence-corrected chi connectivity index (χ4v) is 3.80. The summed E-state index contributed by atoms with van der Waals surface area (Å²) in [7, 11) is 1.70. The fourth-order valence-electron chi connectivity index (χ4n) is 3.80. The zero-order valence-corrected chi connectivity index (χ0v) is 14.8. The molecule has 6 nitrogen and oxygen atoms in total. The second-order valence-corrected chi connectivity index (χ2v) is 6.72. The van der Waals surface area contributed by atoms with E-state index in [1.54, 1.807) is 7.05 Å². The van der Waals surface area contributed by atoms with E-state index in [1.807, 2.05) is 0 Å². The van der Waals surface area contributed by atoms with Crippen LogP contribution in [0.2, 0.25) is 0 Å². The highest BCUT2D eigenvalue weighted by Crippen LogP contribution is 2.44. The van der Waals surface area contributed by atoms with Gasteiger partial charge in [0.05, 0.1) is 19.0 Å². The van der Waals surface area contributed by atoms with Crippen LogP contribution < -0.4 is 5.32 Å². The molecular weight excluding hydrogens is 364 g/mol. The monoisotopic (exact) mass is 380 g/mol. The third-order valence-electron chi connectivity index (χ3n) is 5.04. The fraction of sp³-hybridized carbons (Fsp3) is 0.200. The highest BCUT2D eigenvalue weighted by Gasteiger charge is 2.42. The van der Waals surface area contributed by atoms with Crippen molar-refractivity contribution in [2.24, 2.45) is 12.0 Å². The molecule has 1 aromatic heterocycles. The first-order chi connectivity index (χ1) is 13.9. The first-order valence-electron chi connectivity index (χ1n) is 9.18. The molecule has 1 N–H and O–H groups in total. The zero-order chi connectivity index (χ0) is 20.3. The Morgan fingerprint density at radius 2 is 2.00 bits per heavy atom. The van der Waals surface area contributed by atoms with Crippen molar-refractivity contribution < 1.29 is 14.9 Å². The maximum Gasteiger partial charge on any atom is 0.185 e. The Labute approximate surface area is 160 Å². The zero-order valence-electron chi connectivity index (χ0n) is 15.8. The Balaban J connectivity index is 1.82. The van der Waals surface area contributed by atoms with Gasteiger partial charge in [-0.15, -0.1) is 0 Å². The standard InChI is InChI=1S/C20H15F2N5O/c1-27-20(24-9-25-27)17-18(10-2-4-11(21)5-3-10)26-14-7-12(22)6-13-15(28)8-23-19(17)16(13)14/h2-7,9,17-18,26H,8H2,1H3/t17-,18-/m0/s1/i18D. The van der Waals surface area contributed by atoms with E-state index >= 15 is 0 Å². The first kappa shape index (κ1) is 15.6. The van der Waals surface area contributed by atoms with Crippen LogP contribution in [0.3, 0.4) is 0 Å². The number of ketones is 1. The minimum atomic E-state index is -1.58. The number of aromatic nitrogens is 3. The molecule has 3 aromatic rings. The van der Waals surface area contributed by atoms with E-state index in [-0.39, 0.29) is 17.9 Å². The van der Waals surface area contributed by atoms with Crippen molar-refractivity contribution in [3.8, 4) is 0 Å². The number of benzene rings is 2. The van der Waals surface area contributed by atoms with Crippen LogP contribution in [-0.2, 0) is 7.05 Å². The molecule has 0 radical (unpaired) electrons. The van der Waals surface area contributed by atoms with E-state index in [0.717, 1.165) is 0 Å². The summed E-state index contributed by atoms with van der Waals surface area (Å²) in [6.07, 6.45) is 1.37. The van der Waals surface area contributed by atoms with Crippen molar-refractivity contribution in [1.82, 2.24) is 14.8 Å². The molecule has 2 aromatic carbocycles. The molecular formula is C20H15F2N5O. The molecule has 5 rings (SSSR count). The third kappa shape index (κ3) is 2.45. The molecule has 2 aliphatic heterocycles. The number of halogens is 2. The van der Waals surface area contributed by atoms with Gasteiger partial charge in [0.25, 0.3) is 0 Å². The lowest BCUT2D eigenvalue weighted by Crippen LogP contribution is -2.37. The number of Topliss-reactive ketones (excluding diaryl/α,β-unsaturated/α-hetero) is 1. The Morgan fingerprint density at radius 3 is 2.71 bits per heavy atom. The number of aliphatic imine (C=N–C) groups is 1. The van der Waals surface area contributed by atoms with Crippen LogP contribution in [0, 0.1) is 11.6 Å². The molecule has 0 aliphatic carbocycles. The summed E-state index contributed by atoms with van der Waals surface area (Å²) in [6, 6.07) is 6.38. The van der Waals surface area contributed by atoms with Crippen molar-refractivity contribution in [1.29, 1.82) is 0 Å². The van der Waals surface area contributed by atoms with Gasteiger partial charge < -0.3 is 5.32 Å². The molecule has 0 unspecified atom stereocenters. The Kier molecular flexibility index (Phi) is 3.37. The highest BCUT2D eigenvalue weighted by molar-refractivity contribution is 6.21. The van der Waals surface area contributed by atoms with Crippen LogP contribution in [0.15, 0.2) is 47.7 Å². The van der Waals surface area contributed by atoms with Crippen LogP contribution in [-0.4, -0.2) is 32.8 Å². The Bertz CT molecular complexity index is 1190. The molecule has 28 heavy (non-hydrogen) atoms. The molecule has 0 bridgehead atoms. The minimum Gasteiger partial charge on any atom is -0.376 e. The van der Waals surface area contributed by atoms with Crippen LogP contribution in [0.4, 0.5) is 14.5 Å². The average Bonchev–Trinajstić information content (AvgIpc) is 3.09. The molecule has 0 saturated carbocycles. The molecule has 2 atom stereocenters. The molecule has 2 aliphatic rings. The van der Waals surface area contributed by atoms with Gasteiger partial charge in [0.1, 0.15) is 30.3 Å². The van der Waals surface area contributed by atoms with Crippen molar-refractivity contribution in [3.63, 3.8) is 0 Å². The van der Waals surface area contributed by atoms with Gasteiger partial charge >= 0.3 is 0 Å². The topological polar surface area (TPSA) is 72.2 Å². The SMILES string of the molecule is [2H][C@@]1(c2ccc(F)cc2)Nc2cc(F)cc3c2C(=NCC3=O)[C@H]1c1ncnn1C. The summed E-state index contributed by atoms with van der Waals surface area (Å²) in [6.45, 7) is -0.140. The van der Waals surface area contributed by atoms with Crippen LogP contribution in [0.25, 0.3) is 0 Å². The summed E-state index contributed by atoms with van der Waals surface area (Å²) in [5.41, 5.74) is 1.91. The van der Waals surface area contributed by atoms with Gasteiger partial charge in [-0.3, -0.25) is 14.5 Å². The summed E-state index contributed by atoms with van der Waals surface area (Å²) >= 11 is 0. The molecule has 140 valence electrons. The molecule has 0 amide bonds. The number of rotatable bonds is 2. The van der Waals surface area contributed by atoms with Crippen molar-refractivity contribution in [2.45, 2.75) is 11.9 Å². The predicted molar refractivity (Wildman–Crippen MR) is 98.6 cm³/mol. The predicted octanol–water partition coefficient (Wildman–Crippen LogP) is 3.03. The van der Waals surface area contributed by atoms with Crippen LogP contribution >= 0.6 is 0 Å². The molecule has 0 fully saturated rings.